The van der Waals surface area contributed by atoms with E-state index >= 15 is 0 Å². The Morgan fingerprint density at radius 2 is 2.19 bits per heavy atom. The van der Waals surface area contributed by atoms with Crippen LogP contribution in [0.15, 0.2) is 27.5 Å². The van der Waals surface area contributed by atoms with E-state index < -0.39 is 0 Å². The summed E-state index contributed by atoms with van der Waals surface area (Å²) in [6.45, 7) is 6.00. The molecule has 2 aromatic rings. The number of fused-ring (bicyclic) bond motifs is 1. The number of benzene rings is 1. The number of aliphatic hydroxyl groups excluding tert-OH is 1. The van der Waals surface area contributed by atoms with Crippen molar-refractivity contribution >= 4 is 22.9 Å². The normalized spacial score (nSPS) is 12.2. The Labute approximate surface area is 98.9 Å². The minimum atomic E-state index is -0.174. The predicted octanol–water partition coefficient (Wildman–Crippen LogP) is 3.00. The number of aryl methyl sites for hydroxylation is 1. The van der Waals surface area contributed by atoms with Gasteiger partial charge < -0.3 is 9.52 Å². The molecule has 0 aliphatic carbocycles. The fourth-order valence-electron chi connectivity index (χ4n) is 1.44. The second-order valence-corrected chi connectivity index (χ2v) is 6.16. The van der Waals surface area contributed by atoms with E-state index in [1.807, 2.05) is 39.0 Å². The van der Waals surface area contributed by atoms with Crippen LogP contribution in [0.2, 0.25) is 0 Å². The van der Waals surface area contributed by atoms with Gasteiger partial charge in [-0.2, -0.15) is 0 Å². The molecule has 0 atom stereocenters. The van der Waals surface area contributed by atoms with Gasteiger partial charge in [-0.3, -0.25) is 0 Å². The van der Waals surface area contributed by atoms with Crippen molar-refractivity contribution in [3.63, 3.8) is 0 Å². The van der Waals surface area contributed by atoms with Gasteiger partial charge in [0, 0.05) is 16.6 Å². The van der Waals surface area contributed by atoms with Crippen LogP contribution in [-0.2, 0) is 0 Å². The largest absolute Gasteiger partial charge is 0.441 e. The number of hydrogen-bond donors (Lipinski definition) is 1. The SMILES string of the molecule is Cc1nc2cc(SC(C)(C)CO)ccc2o1. The average molecular weight is 237 g/mol. The molecule has 0 saturated carbocycles. The zero-order valence-corrected chi connectivity index (χ0v) is 10.5. The highest BCUT2D eigenvalue weighted by atomic mass is 32.2. The summed E-state index contributed by atoms with van der Waals surface area (Å²) >= 11 is 1.64. The third-order valence-corrected chi connectivity index (χ3v) is 3.41. The lowest BCUT2D eigenvalue weighted by Gasteiger charge is -2.20. The van der Waals surface area contributed by atoms with Gasteiger partial charge in [-0.05, 0) is 32.0 Å². The highest BCUT2D eigenvalue weighted by Crippen LogP contribution is 2.33. The van der Waals surface area contributed by atoms with Crippen molar-refractivity contribution in [2.45, 2.75) is 30.4 Å². The molecular formula is C12H15NO2S. The number of aromatic nitrogens is 1. The molecule has 0 unspecified atom stereocenters. The molecule has 1 heterocycles. The van der Waals surface area contributed by atoms with Crippen LogP contribution in [0, 0.1) is 6.92 Å². The third kappa shape index (κ3) is 2.39. The summed E-state index contributed by atoms with van der Waals surface area (Å²) in [6.07, 6.45) is 0. The van der Waals surface area contributed by atoms with Crippen molar-refractivity contribution in [3.8, 4) is 0 Å². The van der Waals surface area contributed by atoms with Gasteiger partial charge in [0.1, 0.15) is 5.52 Å². The Hall–Kier alpha value is -1.00. The molecule has 2 rings (SSSR count). The maximum atomic E-state index is 9.22. The number of oxazole rings is 1. The van der Waals surface area contributed by atoms with E-state index in [1.165, 1.54) is 0 Å². The average Bonchev–Trinajstić information content (AvgIpc) is 2.57. The number of rotatable bonds is 3. The van der Waals surface area contributed by atoms with Crippen molar-refractivity contribution in [2.24, 2.45) is 0 Å². The van der Waals surface area contributed by atoms with E-state index in [0.29, 0.717) is 5.89 Å². The predicted molar refractivity (Wildman–Crippen MR) is 65.8 cm³/mol. The summed E-state index contributed by atoms with van der Waals surface area (Å²) in [7, 11) is 0. The molecule has 1 N–H and O–H groups in total. The lowest BCUT2D eigenvalue weighted by Crippen LogP contribution is -2.19. The van der Waals surface area contributed by atoms with Gasteiger partial charge in [0.15, 0.2) is 11.5 Å². The monoisotopic (exact) mass is 237 g/mol. The Balaban J connectivity index is 2.32. The topological polar surface area (TPSA) is 46.3 Å². The molecule has 0 fully saturated rings. The van der Waals surface area contributed by atoms with Crippen LogP contribution in [0.3, 0.4) is 0 Å². The van der Waals surface area contributed by atoms with E-state index in [1.54, 1.807) is 11.8 Å². The zero-order valence-electron chi connectivity index (χ0n) is 9.65. The molecule has 0 amide bonds. The van der Waals surface area contributed by atoms with Crippen LogP contribution in [0.4, 0.5) is 0 Å². The van der Waals surface area contributed by atoms with Gasteiger partial charge in [0.05, 0.1) is 6.61 Å². The van der Waals surface area contributed by atoms with Gasteiger partial charge in [0.2, 0.25) is 0 Å². The Kier molecular flexibility index (Phi) is 2.95. The van der Waals surface area contributed by atoms with Crippen LogP contribution in [0.25, 0.3) is 11.1 Å². The van der Waals surface area contributed by atoms with Gasteiger partial charge in [-0.15, -0.1) is 11.8 Å². The van der Waals surface area contributed by atoms with Crippen molar-refractivity contribution in [1.29, 1.82) is 0 Å². The third-order valence-electron chi connectivity index (χ3n) is 2.24. The van der Waals surface area contributed by atoms with Crippen molar-refractivity contribution in [2.75, 3.05) is 6.61 Å². The molecule has 1 aromatic heterocycles. The second-order valence-electron chi connectivity index (χ2n) is 4.38. The minimum Gasteiger partial charge on any atom is -0.441 e. The molecule has 0 bridgehead atoms. The minimum absolute atomic E-state index is 0.146. The molecule has 0 aliphatic rings. The molecular weight excluding hydrogens is 222 g/mol. The van der Waals surface area contributed by atoms with E-state index in [4.69, 9.17) is 4.42 Å². The summed E-state index contributed by atoms with van der Waals surface area (Å²) in [5.41, 5.74) is 1.68. The molecule has 0 spiro atoms. The Morgan fingerprint density at radius 3 is 2.88 bits per heavy atom. The second kappa shape index (κ2) is 4.11. The first-order chi connectivity index (χ1) is 7.50. The lowest BCUT2D eigenvalue weighted by atomic mass is 10.2. The summed E-state index contributed by atoms with van der Waals surface area (Å²) < 4.78 is 5.24. The van der Waals surface area contributed by atoms with Crippen molar-refractivity contribution in [3.05, 3.63) is 24.1 Å². The molecule has 1 aromatic carbocycles. The van der Waals surface area contributed by atoms with Gasteiger partial charge in [-0.25, -0.2) is 4.98 Å². The number of hydrogen-bond acceptors (Lipinski definition) is 4. The fraction of sp³-hybridized carbons (Fsp3) is 0.417. The summed E-state index contributed by atoms with van der Waals surface area (Å²) in [4.78, 5) is 5.38. The van der Waals surface area contributed by atoms with Crippen molar-refractivity contribution < 1.29 is 9.52 Å². The van der Waals surface area contributed by atoms with Crippen LogP contribution in [-0.4, -0.2) is 21.4 Å². The quantitative estimate of drug-likeness (QED) is 0.834. The lowest BCUT2D eigenvalue weighted by molar-refractivity contribution is 0.265. The van der Waals surface area contributed by atoms with Crippen LogP contribution in [0.1, 0.15) is 19.7 Å². The maximum absolute atomic E-state index is 9.22. The van der Waals surface area contributed by atoms with E-state index in [-0.39, 0.29) is 11.4 Å². The molecule has 0 saturated heterocycles. The Bertz CT molecular complexity index is 505. The fourth-order valence-corrected chi connectivity index (χ4v) is 2.45. The van der Waals surface area contributed by atoms with Crippen LogP contribution >= 0.6 is 11.8 Å². The highest BCUT2D eigenvalue weighted by Gasteiger charge is 2.18. The maximum Gasteiger partial charge on any atom is 0.192 e. The van der Waals surface area contributed by atoms with E-state index in [0.717, 1.165) is 16.0 Å². The van der Waals surface area contributed by atoms with E-state index in [2.05, 4.69) is 4.98 Å². The standard InChI is InChI=1S/C12H15NO2S/c1-8-13-10-6-9(4-5-11(10)15-8)16-12(2,3)7-14/h4-6,14H,7H2,1-3H3. The molecule has 0 aliphatic heterocycles. The summed E-state index contributed by atoms with van der Waals surface area (Å²) in [5.74, 6) is 0.679. The first kappa shape index (κ1) is 11.5. The van der Waals surface area contributed by atoms with Crippen molar-refractivity contribution in [1.82, 2.24) is 4.98 Å². The van der Waals surface area contributed by atoms with Crippen LogP contribution < -0.4 is 0 Å². The first-order valence-electron chi connectivity index (χ1n) is 5.17. The molecule has 3 nitrogen and oxygen atoms in total. The number of thioether (sulfide) groups is 1. The number of aliphatic hydroxyl groups is 1. The molecule has 0 radical (unpaired) electrons. The summed E-state index contributed by atoms with van der Waals surface area (Å²) in [5, 5.41) is 9.22. The van der Waals surface area contributed by atoms with E-state index in [9.17, 15) is 5.11 Å². The molecule has 16 heavy (non-hydrogen) atoms. The molecule has 4 heteroatoms. The Morgan fingerprint density at radius 1 is 1.44 bits per heavy atom. The highest BCUT2D eigenvalue weighted by molar-refractivity contribution is 8.00. The van der Waals surface area contributed by atoms with Crippen LogP contribution in [0.5, 0.6) is 0 Å². The smallest absolute Gasteiger partial charge is 0.192 e. The van der Waals surface area contributed by atoms with Gasteiger partial charge in [0.25, 0.3) is 0 Å². The zero-order chi connectivity index (χ0) is 11.8. The number of nitrogens with zero attached hydrogens (tertiary/aromatic N) is 1. The molecule has 86 valence electrons. The summed E-state index contributed by atoms with van der Waals surface area (Å²) in [6, 6.07) is 5.91. The first-order valence-corrected chi connectivity index (χ1v) is 5.99. The van der Waals surface area contributed by atoms with Gasteiger partial charge in [-0.1, -0.05) is 0 Å². The van der Waals surface area contributed by atoms with Gasteiger partial charge >= 0.3 is 0 Å².